The summed E-state index contributed by atoms with van der Waals surface area (Å²) in [7, 11) is 0. The molecule has 5 nitrogen and oxygen atoms in total. The van der Waals surface area contributed by atoms with Crippen molar-refractivity contribution < 1.29 is 13.7 Å². The number of aryl methyl sites for hydroxylation is 1. The molecule has 1 amide bonds. The van der Waals surface area contributed by atoms with Crippen LogP contribution in [0.1, 0.15) is 24.1 Å². The number of halogens is 2. The van der Waals surface area contributed by atoms with E-state index >= 15 is 0 Å². The highest BCUT2D eigenvalue weighted by molar-refractivity contribution is 6.33. The van der Waals surface area contributed by atoms with E-state index in [0.717, 1.165) is 0 Å². The predicted molar refractivity (Wildman–Crippen MR) is 70.2 cm³/mol. The average molecular weight is 296 g/mol. The van der Waals surface area contributed by atoms with Crippen LogP contribution in [0.2, 0.25) is 5.02 Å². The van der Waals surface area contributed by atoms with Crippen molar-refractivity contribution in [3.63, 3.8) is 0 Å². The first-order chi connectivity index (χ1) is 9.54. The zero-order valence-corrected chi connectivity index (χ0v) is 11.4. The van der Waals surface area contributed by atoms with Gasteiger partial charge in [-0.1, -0.05) is 16.8 Å². The van der Waals surface area contributed by atoms with Gasteiger partial charge in [0.2, 0.25) is 11.8 Å². The van der Waals surface area contributed by atoms with Gasteiger partial charge >= 0.3 is 0 Å². The number of rotatable bonds is 2. The fraction of sp³-hybridized carbons (Fsp3) is 0.308. The molecule has 1 aromatic carbocycles. The van der Waals surface area contributed by atoms with Crippen molar-refractivity contribution in [2.45, 2.75) is 19.3 Å². The van der Waals surface area contributed by atoms with Gasteiger partial charge in [-0.3, -0.25) is 4.79 Å². The molecule has 0 N–H and O–H groups in total. The Balaban J connectivity index is 1.89. The zero-order chi connectivity index (χ0) is 14.3. The molecular weight excluding hydrogens is 285 g/mol. The van der Waals surface area contributed by atoms with Crippen LogP contribution < -0.4 is 4.90 Å². The summed E-state index contributed by atoms with van der Waals surface area (Å²) >= 11 is 6.03. The Morgan fingerprint density at radius 2 is 2.30 bits per heavy atom. The highest BCUT2D eigenvalue weighted by Gasteiger charge is 2.35. The molecule has 1 unspecified atom stereocenters. The van der Waals surface area contributed by atoms with Crippen LogP contribution in [0.25, 0.3) is 0 Å². The summed E-state index contributed by atoms with van der Waals surface area (Å²) in [5.41, 5.74) is 0.371. The molecule has 1 saturated heterocycles. The van der Waals surface area contributed by atoms with Crippen LogP contribution in [0.3, 0.4) is 0 Å². The van der Waals surface area contributed by atoms with Crippen molar-refractivity contribution in [3.8, 4) is 0 Å². The van der Waals surface area contributed by atoms with E-state index in [4.69, 9.17) is 16.1 Å². The number of carbonyl (C=O) groups excluding carboxylic acids is 1. The number of nitrogens with zero attached hydrogens (tertiary/aromatic N) is 3. The van der Waals surface area contributed by atoms with E-state index in [9.17, 15) is 9.18 Å². The Morgan fingerprint density at radius 1 is 1.50 bits per heavy atom. The van der Waals surface area contributed by atoms with E-state index in [1.165, 1.54) is 23.1 Å². The summed E-state index contributed by atoms with van der Waals surface area (Å²) in [6, 6.07) is 3.94. The Bertz CT molecular complexity index is 673. The molecule has 0 radical (unpaired) electrons. The summed E-state index contributed by atoms with van der Waals surface area (Å²) < 4.78 is 18.4. The second-order valence-electron chi connectivity index (χ2n) is 4.68. The van der Waals surface area contributed by atoms with Crippen LogP contribution in [0, 0.1) is 12.7 Å². The highest BCUT2D eigenvalue weighted by Crippen LogP contribution is 2.35. The first kappa shape index (κ1) is 13.1. The number of aromatic nitrogens is 2. The monoisotopic (exact) mass is 295 g/mol. The third kappa shape index (κ3) is 2.27. The number of amides is 1. The molecule has 3 rings (SSSR count). The van der Waals surface area contributed by atoms with Crippen LogP contribution in [-0.4, -0.2) is 22.6 Å². The van der Waals surface area contributed by atoms with E-state index in [-0.39, 0.29) is 18.2 Å². The van der Waals surface area contributed by atoms with E-state index in [1.54, 1.807) is 6.92 Å². The molecule has 104 valence electrons. The van der Waals surface area contributed by atoms with E-state index in [1.807, 2.05) is 0 Å². The number of anilines is 1. The highest BCUT2D eigenvalue weighted by atomic mass is 35.5. The molecule has 1 atom stereocenters. The van der Waals surface area contributed by atoms with Crippen molar-refractivity contribution in [3.05, 3.63) is 40.8 Å². The molecule has 1 aromatic heterocycles. The number of benzene rings is 1. The van der Waals surface area contributed by atoms with Gasteiger partial charge in [-0.05, 0) is 25.1 Å². The molecule has 0 bridgehead atoms. The van der Waals surface area contributed by atoms with Gasteiger partial charge in [0, 0.05) is 13.0 Å². The smallest absolute Gasteiger partial charge is 0.232 e. The second kappa shape index (κ2) is 4.86. The molecule has 1 aliphatic rings. The molecule has 1 fully saturated rings. The number of carbonyl (C=O) groups is 1. The molecule has 2 heterocycles. The van der Waals surface area contributed by atoms with Crippen molar-refractivity contribution in [2.24, 2.45) is 0 Å². The van der Waals surface area contributed by atoms with Crippen molar-refractivity contribution >= 4 is 23.2 Å². The summed E-state index contributed by atoms with van der Waals surface area (Å²) in [5, 5.41) is 4.05. The minimum absolute atomic E-state index is 0.140. The Hall–Kier alpha value is -1.95. The molecule has 0 aliphatic carbocycles. The van der Waals surface area contributed by atoms with Gasteiger partial charge in [-0.25, -0.2) is 4.39 Å². The maximum absolute atomic E-state index is 13.3. The van der Waals surface area contributed by atoms with E-state index in [0.29, 0.717) is 29.0 Å². The van der Waals surface area contributed by atoms with Crippen LogP contribution in [-0.2, 0) is 4.79 Å². The minimum Gasteiger partial charge on any atom is -0.339 e. The van der Waals surface area contributed by atoms with Gasteiger partial charge in [0.1, 0.15) is 5.82 Å². The molecule has 7 heteroatoms. The summed E-state index contributed by atoms with van der Waals surface area (Å²) in [6.07, 6.45) is 0.245. The van der Waals surface area contributed by atoms with Crippen LogP contribution >= 0.6 is 11.6 Å². The van der Waals surface area contributed by atoms with Gasteiger partial charge in [-0.2, -0.15) is 4.98 Å². The number of hydrogen-bond acceptors (Lipinski definition) is 4. The molecule has 0 spiro atoms. The average Bonchev–Trinajstić information content (AvgIpc) is 2.99. The summed E-state index contributed by atoms with van der Waals surface area (Å²) in [4.78, 5) is 17.7. The molecule has 2 aromatic rings. The lowest BCUT2D eigenvalue weighted by atomic mass is 10.1. The standard InChI is InChI=1S/C13H11ClFN3O2/c1-7-16-13(20-17-7)8-4-12(19)18(6-8)11-5-9(15)2-3-10(11)14/h2-3,5,8H,4,6H2,1H3. The molecule has 1 aliphatic heterocycles. The SMILES string of the molecule is Cc1noc(C2CC(=O)N(c3cc(F)ccc3Cl)C2)n1. The van der Waals surface area contributed by atoms with Crippen molar-refractivity contribution in [1.82, 2.24) is 10.1 Å². The zero-order valence-electron chi connectivity index (χ0n) is 10.6. The minimum atomic E-state index is -0.436. The second-order valence-corrected chi connectivity index (χ2v) is 5.09. The van der Waals surface area contributed by atoms with Gasteiger partial charge in [0.25, 0.3) is 0 Å². The van der Waals surface area contributed by atoms with Gasteiger partial charge in [0.15, 0.2) is 5.82 Å². The first-order valence-electron chi connectivity index (χ1n) is 6.10. The predicted octanol–water partition coefficient (Wildman–Crippen LogP) is 2.69. The lowest BCUT2D eigenvalue weighted by Gasteiger charge is -2.17. The normalized spacial score (nSPS) is 18.9. The fourth-order valence-electron chi connectivity index (χ4n) is 2.28. The third-order valence-electron chi connectivity index (χ3n) is 3.22. The Kier molecular flexibility index (Phi) is 3.17. The maximum Gasteiger partial charge on any atom is 0.232 e. The van der Waals surface area contributed by atoms with Gasteiger partial charge in [-0.15, -0.1) is 0 Å². The topological polar surface area (TPSA) is 59.2 Å². The molecule has 0 saturated carbocycles. The third-order valence-corrected chi connectivity index (χ3v) is 3.54. The molecular formula is C13H11ClFN3O2. The summed E-state index contributed by atoms with van der Waals surface area (Å²) in [5.74, 6) is 0.177. The van der Waals surface area contributed by atoms with Gasteiger partial charge in [0.05, 0.1) is 16.6 Å². The van der Waals surface area contributed by atoms with Crippen LogP contribution in [0.4, 0.5) is 10.1 Å². The fourth-order valence-corrected chi connectivity index (χ4v) is 2.50. The lowest BCUT2D eigenvalue weighted by molar-refractivity contribution is -0.117. The van der Waals surface area contributed by atoms with E-state index in [2.05, 4.69) is 10.1 Å². The number of hydrogen-bond donors (Lipinski definition) is 0. The van der Waals surface area contributed by atoms with Gasteiger partial charge < -0.3 is 9.42 Å². The first-order valence-corrected chi connectivity index (χ1v) is 6.48. The van der Waals surface area contributed by atoms with Crippen LogP contribution in [0.5, 0.6) is 0 Å². The molecule has 20 heavy (non-hydrogen) atoms. The van der Waals surface area contributed by atoms with Crippen molar-refractivity contribution in [1.29, 1.82) is 0 Å². The van der Waals surface area contributed by atoms with Crippen molar-refractivity contribution in [2.75, 3.05) is 11.4 Å². The lowest BCUT2D eigenvalue weighted by Crippen LogP contribution is -2.24. The largest absolute Gasteiger partial charge is 0.339 e. The Labute approximate surface area is 119 Å². The quantitative estimate of drug-likeness (QED) is 0.854. The van der Waals surface area contributed by atoms with Crippen LogP contribution in [0.15, 0.2) is 22.7 Å². The maximum atomic E-state index is 13.3. The Morgan fingerprint density at radius 3 is 3.00 bits per heavy atom. The van der Waals surface area contributed by atoms with E-state index < -0.39 is 5.82 Å². The summed E-state index contributed by atoms with van der Waals surface area (Å²) in [6.45, 7) is 2.06.